The smallest absolute Gasteiger partial charge is 0.320 e. The predicted octanol–water partition coefficient (Wildman–Crippen LogP) is 1.69. The van der Waals surface area contributed by atoms with Gasteiger partial charge in [-0.15, -0.1) is 0 Å². The number of aliphatic hydroxyl groups is 1. The van der Waals surface area contributed by atoms with E-state index in [0.717, 1.165) is 51.1 Å². The quantitative estimate of drug-likeness (QED) is 0.193. The maximum atomic E-state index is 14.0. The van der Waals surface area contributed by atoms with Crippen LogP contribution in [0.15, 0.2) is 5.70 Å². The number of nitrogens with one attached hydrogen (secondary N) is 4. The third-order valence-electron chi connectivity index (χ3n) is 9.95. The number of aliphatic hydroxyl groups excluding tert-OH is 1. The molecule has 3 aromatic heterocycles. The molecule has 1 aliphatic carbocycles. The zero-order valence-electron chi connectivity index (χ0n) is 25.8. The molecule has 4 atom stereocenters. The van der Waals surface area contributed by atoms with Crippen LogP contribution in [0.2, 0.25) is 0 Å². The monoisotopic (exact) mass is 598 g/mol. The van der Waals surface area contributed by atoms with Crippen molar-refractivity contribution in [2.75, 3.05) is 7.11 Å². The van der Waals surface area contributed by atoms with E-state index in [-0.39, 0.29) is 24.0 Å². The first-order valence-corrected chi connectivity index (χ1v) is 15.0. The highest BCUT2D eigenvalue weighted by Gasteiger charge is 2.49. The molecule has 10 nitrogen and oxygen atoms in total. The molecule has 0 spiro atoms. The Morgan fingerprint density at radius 3 is 2.30 bits per heavy atom. The van der Waals surface area contributed by atoms with E-state index in [1.54, 1.807) is 0 Å². The summed E-state index contributed by atoms with van der Waals surface area (Å²) in [5, 5.41) is 26.2. The van der Waals surface area contributed by atoms with Crippen LogP contribution in [0.3, 0.4) is 0 Å². The number of ether oxygens (including phenoxy) is 1. The highest BCUT2D eigenvalue weighted by molar-refractivity contribution is 6.19. The molecule has 44 heavy (non-hydrogen) atoms. The van der Waals surface area contributed by atoms with Gasteiger partial charge in [-0.1, -0.05) is 13.8 Å². The van der Waals surface area contributed by atoms with E-state index in [9.17, 15) is 24.6 Å². The number of carboxylic acid groups (broad SMARTS) is 1. The summed E-state index contributed by atoms with van der Waals surface area (Å²) in [6.07, 6.45) is 8.08. The third-order valence-corrected chi connectivity index (χ3v) is 9.95. The second kappa shape index (κ2) is 10.8. The Kier molecular flexibility index (Phi) is 7.18. The Labute approximate surface area is 253 Å². The first-order chi connectivity index (χ1) is 21.0. The van der Waals surface area contributed by atoms with E-state index in [1.165, 1.54) is 7.11 Å². The third kappa shape index (κ3) is 4.34. The number of rotatable bonds is 5. The minimum absolute atomic E-state index is 0.0428. The molecule has 6 rings (SSSR count). The number of carboxylic acids is 1. The number of aromatic amines is 3. The fourth-order valence-electron chi connectivity index (χ4n) is 7.35. The lowest BCUT2D eigenvalue weighted by Gasteiger charge is -2.25. The van der Waals surface area contributed by atoms with Crippen LogP contribution in [0, 0.1) is 38.5 Å². The fraction of sp³-hybridized carbons (Fsp3) is 0.382. The first-order valence-electron chi connectivity index (χ1n) is 15.0. The number of hydrogen-bond acceptors (Lipinski definition) is 6. The molecule has 0 aromatic carbocycles. The Balaban J connectivity index is 1.74. The number of esters is 1. The van der Waals surface area contributed by atoms with Gasteiger partial charge in [-0.2, -0.15) is 0 Å². The maximum Gasteiger partial charge on any atom is 0.320 e. The average molecular weight is 599 g/mol. The standard InChI is InChI=1S/C34H38N4O6/c1-7-18-20(13-39)26-11-22-15(3)14(2)21(35-22)10-23-16(4)19(8-9-27(40)41)31(37-23)29-30(34(43)44-6)33(42)28-17(5)24(38-32(28)29)12-25(18)36-26/h10-13,16,19,30-31,35-39H,7-9H2,1-6H3,(H,40,41)/b20-13-,23-10-,24-12-,26-11-/t16-,19-,30+,31?/m0/s1. The van der Waals surface area contributed by atoms with Crippen LogP contribution in [0.5, 0.6) is 0 Å². The summed E-state index contributed by atoms with van der Waals surface area (Å²) in [4.78, 5) is 49.4. The van der Waals surface area contributed by atoms with Crippen LogP contribution >= 0.6 is 0 Å². The number of Topliss-reactive ketones (excluding diaryl/α,β-unsaturated/α-hetero) is 1. The van der Waals surface area contributed by atoms with Gasteiger partial charge in [0.05, 0.1) is 30.1 Å². The van der Waals surface area contributed by atoms with Gasteiger partial charge in [0.1, 0.15) is 5.92 Å². The zero-order chi connectivity index (χ0) is 31.6. The van der Waals surface area contributed by atoms with Crippen LogP contribution in [-0.4, -0.2) is 56.0 Å². The van der Waals surface area contributed by atoms with Gasteiger partial charge < -0.3 is 35.2 Å². The molecule has 230 valence electrons. The number of hydrogen-bond donors (Lipinski definition) is 6. The highest BCUT2D eigenvalue weighted by Crippen LogP contribution is 2.42. The molecule has 1 saturated heterocycles. The highest BCUT2D eigenvalue weighted by atomic mass is 16.5. The molecule has 5 heterocycles. The number of carbonyl (C=O) groups is 3. The summed E-state index contributed by atoms with van der Waals surface area (Å²) in [6.45, 7) is 10.0. The van der Waals surface area contributed by atoms with Gasteiger partial charge in [0.25, 0.3) is 0 Å². The second-order valence-electron chi connectivity index (χ2n) is 12.1. The van der Waals surface area contributed by atoms with Gasteiger partial charge in [-0.05, 0) is 85.6 Å². The number of aromatic nitrogens is 3. The molecule has 2 aliphatic heterocycles. The number of carbonyl (C=O) groups excluding carboxylic acids is 2. The van der Waals surface area contributed by atoms with Crippen LogP contribution in [0.1, 0.15) is 76.4 Å². The number of fused-ring (bicyclic) bond motifs is 8. The molecule has 3 aromatic rings. The lowest BCUT2D eigenvalue weighted by atomic mass is 9.80. The van der Waals surface area contributed by atoms with E-state index in [0.29, 0.717) is 45.5 Å². The van der Waals surface area contributed by atoms with E-state index in [2.05, 4.69) is 27.2 Å². The van der Waals surface area contributed by atoms with Crippen LogP contribution in [-0.2, 0) is 20.7 Å². The molecule has 6 N–H and O–H groups in total. The topological polar surface area (TPSA) is 160 Å². The second-order valence-corrected chi connectivity index (χ2v) is 12.1. The normalized spacial score (nSPS) is 25.1. The minimum atomic E-state index is -1.14. The Morgan fingerprint density at radius 1 is 0.977 bits per heavy atom. The average Bonchev–Trinajstić information content (AvgIpc) is 3.73. The number of allylic oxidation sites excluding steroid dienone is 1. The first kappa shape index (κ1) is 29.3. The molecule has 0 amide bonds. The number of ketones is 1. The Hall–Kier alpha value is -4.73. The van der Waals surface area contributed by atoms with Crippen molar-refractivity contribution >= 4 is 47.8 Å². The Morgan fingerprint density at radius 2 is 1.66 bits per heavy atom. The summed E-state index contributed by atoms with van der Waals surface area (Å²) < 4.78 is 5.15. The van der Waals surface area contributed by atoms with Crippen LogP contribution in [0.25, 0.3) is 30.1 Å². The summed E-state index contributed by atoms with van der Waals surface area (Å²) in [6, 6.07) is -0.481. The molecule has 1 unspecified atom stereocenters. The lowest BCUT2D eigenvalue weighted by Crippen LogP contribution is -2.38. The van der Waals surface area contributed by atoms with Crippen molar-refractivity contribution in [3.05, 3.63) is 71.9 Å². The van der Waals surface area contributed by atoms with Gasteiger partial charge in [0, 0.05) is 51.2 Å². The predicted molar refractivity (Wildman–Crippen MR) is 166 cm³/mol. The van der Waals surface area contributed by atoms with E-state index in [4.69, 9.17) is 4.74 Å². The zero-order valence-corrected chi connectivity index (χ0v) is 25.8. The van der Waals surface area contributed by atoms with E-state index < -0.39 is 23.9 Å². The number of aliphatic carboxylic acids is 1. The van der Waals surface area contributed by atoms with Gasteiger partial charge in [0.15, 0.2) is 5.78 Å². The summed E-state index contributed by atoms with van der Waals surface area (Å²) >= 11 is 0. The van der Waals surface area contributed by atoms with E-state index in [1.807, 2.05) is 45.9 Å². The largest absolute Gasteiger partial charge is 0.515 e. The van der Waals surface area contributed by atoms with Gasteiger partial charge in [-0.25, -0.2) is 0 Å². The number of methoxy groups -OCH3 is 1. The van der Waals surface area contributed by atoms with Crippen molar-refractivity contribution in [2.24, 2.45) is 17.8 Å². The molecular weight excluding hydrogens is 560 g/mol. The van der Waals surface area contributed by atoms with E-state index >= 15 is 0 Å². The van der Waals surface area contributed by atoms with Crippen molar-refractivity contribution in [3.63, 3.8) is 0 Å². The van der Waals surface area contributed by atoms with Crippen molar-refractivity contribution in [1.29, 1.82) is 0 Å². The minimum Gasteiger partial charge on any atom is -0.515 e. The van der Waals surface area contributed by atoms with Crippen molar-refractivity contribution in [1.82, 2.24) is 20.3 Å². The lowest BCUT2D eigenvalue weighted by molar-refractivity contribution is -0.142. The molecule has 3 aliphatic rings. The molecule has 1 fully saturated rings. The Bertz CT molecular complexity index is 2020. The fourth-order valence-corrected chi connectivity index (χ4v) is 7.35. The van der Waals surface area contributed by atoms with Crippen LogP contribution in [0.4, 0.5) is 0 Å². The molecular formula is C34H38N4O6. The SMILES string of the molecule is CCc1c2[nH]c(/c1=C\O)=C\c1[nH]c(c(C)c1C)/C=C1\NC(C3=c4[nH]/c(c(C)c4C(=O)[C@@H]3C(=O)OC)=C\2)[C@@H](CCC(=O)O)[C@@H]1C. The van der Waals surface area contributed by atoms with Gasteiger partial charge in [-0.3, -0.25) is 14.4 Å². The van der Waals surface area contributed by atoms with Gasteiger partial charge in [0.2, 0.25) is 0 Å². The molecule has 0 radical (unpaired) electrons. The van der Waals surface area contributed by atoms with Crippen molar-refractivity contribution in [2.45, 2.75) is 59.9 Å². The summed E-state index contributed by atoms with van der Waals surface area (Å²) in [5.41, 5.74) is 8.25. The summed E-state index contributed by atoms with van der Waals surface area (Å²) in [5.74, 6) is -3.30. The molecule has 0 saturated carbocycles. The maximum absolute atomic E-state index is 14.0. The number of H-pyrrole nitrogens is 3. The van der Waals surface area contributed by atoms with Crippen molar-refractivity contribution in [3.8, 4) is 0 Å². The van der Waals surface area contributed by atoms with Crippen molar-refractivity contribution < 1.29 is 29.3 Å². The molecule has 10 heteroatoms. The van der Waals surface area contributed by atoms with Crippen LogP contribution < -0.4 is 26.6 Å². The van der Waals surface area contributed by atoms with Gasteiger partial charge >= 0.3 is 11.9 Å². The molecule has 8 bridgehead atoms. The summed E-state index contributed by atoms with van der Waals surface area (Å²) in [7, 11) is 1.28.